The van der Waals surface area contributed by atoms with Crippen molar-refractivity contribution in [1.82, 2.24) is 9.80 Å². The number of methoxy groups -OCH3 is 1. The van der Waals surface area contributed by atoms with Crippen molar-refractivity contribution in [3.05, 3.63) is 23.8 Å². The molecule has 1 unspecified atom stereocenters. The number of hydrogen-bond acceptors (Lipinski definition) is 7. The number of rotatable bonds is 8. The van der Waals surface area contributed by atoms with Gasteiger partial charge in [0.1, 0.15) is 12.7 Å². The molecule has 1 aromatic carbocycles. The molecule has 3 N–H and O–H groups in total. The lowest BCUT2D eigenvalue weighted by atomic mass is 10.1. The van der Waals surface area contributed by atoms with E-state index in [2.05, 4.69) is 15.9 Å². The Balaban J connectivity index is 0.00000225. The number of ether oxygens (including phenoxy) is 3. The molecule has 2 fully saturated rings. The molecule has 1 atom stereocenters. The number of hydrogen-bond donors (Lipinski definition) is 2. The lowest BCUT2D eigenvalue weighted by molar-refractivity contribution is 0.0649. The fourth-order valence-corrected chi connectivity index (χ4v) is 3.82. The molecular formula is C21H37Cl2N3O4. The fraction of sp³-hybridized carbons (Fsp3) is 0.714. The molecular weight excluding hydrogens is 429 g/mol. The van der Waals surface area contributed by atoms with E-state index in [0.717, 1.165) is 65.2 Å². The lowest BCUT2D eigenvalue weighted by Gasteiger charge is -2.30. The van der Waals surface area contributed by atoms with Gasteiger partial charge in [-0.15, -0.1) is 24.8 Å². The van der Waals surface area contributed by atoms with Gasteiger partial charge in [0, 0.05) is 38.8 Å². The van der Waals surface area contributed by atoms with Crippen molar-refractivity contribution >= 4 is 24.8 Å². The second-order valence-electron chi connectivity index (χ2n) is 7.83. The molecule has 0 spiro atoms. The van der Waals surface area contributed by atoms with E-state index in [-0.39, 0.29) is 31.4 Å². The van der Waals surface area contributed by atoms with Crippen LogP contribution in [0.25, 0.3) is 0 Å². The average Bonchev–Trinajstić information content (AvgIpc) is 2.97. The van der Waals surface area contributed by atoms with Gasteiger partial charge in [-0.1, -0.05) is 6.07 Å². The highest BCUT2D eigenvalue weighted by atomic mass is 35.5. The smallest absolute Gasteiger partial charge is 0.161 e. The summed E-state index contributed by atoms with van der Waals surface area (Å²) in [6.07, 6.45) is 2.57. The van der Waals surface area contributed by atoms with Crippen LogP contribution in [0.5, 0.6) is 11.5 Å². The molecule has 2 saturated heterocycles. The number of piperidine rings is 1. The minimum Gasteiger partial charge on any atom is -0.493 e. The molecule has 174 valence electrons. The molecule has 0 aliphatic carbocycles. The van der Waals surface area contributed by atoms with Gasteiger partial charge in [-0.2, -0.15) is 0 Å². The Morgan fingerprint density at radius 1 is 1.10 bits per heavy atom. The van der Waals surface area contributed by atoms with Crippen LogP contribution in [0.3, 0.4) is 0 Å². The van der Waals surface area contributed by atoms with Crippen LogP contribution in [0.15, 0.2) is 18.2 Å². The number of halogens is 2. The van der Waals surface area contributed by atoms with Crippen molar-refractivity contribution in [2.24, 2.45) is 5.73 Å². The lowest BCUT2D eigenvalue weighted by Crippen LogP contribution is -2.39. The first-order valence-electron chi connectivity index (χ1n) is 10.4. The minimum atomic E-state index is -0.542. The van der Waals surface area contributed by atoms with E-state index < -0.39 is 6.10 Å². The third-order valence-corrected chi connectivity index (χ3v) is 5.48. The summed E-state index contributed by atoms with van der Waals surface area (Å²) >= 11 is 0. The molecule has 9 heteroatoms. The van der Waals surface area contributed by atoms with Gasteiger partial charge in [-0.05, 0) is 50.0 Å². The number of aliphatic hydroxyl groups is 1. The van der Waals surface area contributed by atoms with Gasteiger partial charge in [0.15, 0.2) is 11.5 Å². The van der Waals surface area contributed by atoms with Gasteiger partial charge in [0.25, 0.3) is 0 Å². The molecule has 3 rings (SSSR count). The Morgan fingerprint density at radius 2 is 1.87 bits per heavy atom. The van der Waals surface area contributed by atoms with E-state index in [1.807, 2.05) is 12.1 Å². The topological polar surface area (TPSA) is 80.4 Å². The number of nitrogens with zero attached hydrogens (tertiary/aromatic N) is 2. The highest BCUT2D eigenvalue weighted by molar-refractivity contribution is 5.85. The SMILES string of the molecule is COc1cc(CN2CCC(N)CC2)ccc1OCC(O)CN1CCCOCC1.Cl.Cl. The predicted molar refractivity (Wildman–Crippen MR) is 123 cm³/mol. The zero-order valence-corrected chi connectivity index (χ0v) is 19.5. The third-order valence-electron chi connectivity index (χ3n) is 5.48. The van der Waals surface area contributed by atoms with Crippen molar-refractivity contribution < 1.29 is 19.3 Å². The summed E-state index contributed by atoms with van der Waals surface area (Å²) in [6, 6.07) is 6.39. The number of β-amino-alcohol motifs (C(OH)–C–C–N with tert-alkyl or cyclic N) is 1. The van der Waals surface area contributed by atoms with Gasteiger partial charge in [-0.25, -0.2) is 0 Å². The highest BCUT2D eigenvalue weighted by Gasteiger charge is 2.18. The summed E-state index contributed by atoms with van der Waals surface area (Å²) < 4.78 is 16.8. The first-order chi connectivity index (χ1) is 13.6. The van der Waals surface area contributed by atoms with Crippen LogP contribution in [0, 0.1) is 0 Å². The highest BCUT2D eigenvalue weighted by Crippen LogP contribution is 2.29. The van der Waals surface area contributed by atoms with Crippen LogP contribution in [0.2, 0.25) is 0 Å². The van der Waals surface area contributed by atoms with Crippen LogP contribution in [0.4, 0.5) is 0 Å². The summed E-state index contributed by atoms with van der Waals surface area (Å²) in [5.74, 6) is 1.38. The predicted octanol–water partition coefficient (Wildman–Crippen LogP) is 1.92. The first-order valence-corrected chi connectivity index (χ1v) is 10.4. The molecule has 2 heterocycles. The van der Waals surface area contributed by atoms with E-state index >= 15 is 0 Å². The Bertz CT molecular complexity index is 596. The van der Waals surface area contributed by atoms with E-state index in [9.17, 15) is 5.11 Å². The molecule has 0 saturated carbocycles. The van der Waals surface area contributed by atoms with E-state index in [0.29, 0.717) is 24.1 Å². The normalized spacial score (nSPS) is 19.8. The zero-order chi connectivity index (χ0) is 19.8. The monoisotopic (exact) mass is 465 g/mol. The molecule has 0 aromatic heterocycles. The second-order valence-corrected chi connectivity index (χ2v) is 7.83. The minimum absolute atomic E-state index is 0. The maximum Gasteiger partial charge on any atom is 0.161 e. The van der Waals surface area contributed by atoms with E-state index in [1.165, 1.54) is 5.56 Å². The maximum atomic E-state index is 10.3. The van der Waals surface area contributed by atoms with Crippen LogP contribution in [-0.2, 0) is 11.3 Å². The van der Waals surface area contributed by atoms with Crippen molar-refractivity contribution in [2.45, 2.75) is 38.0 Å². The average molecular weight is 466 g/mol. The Morgan fingerprint density at radius 3 is 2.60 bits per heavy atom. The third kappa shape index (κ3) is 8.75. The summed E-state index contributed by atoms with van der Waals surface area (Å²) in [7, 11) is 1.65. The summed E-state index contributed by atoms with van der Waals surface area (Å²) in [4.78, 5) is 4.65. The number of aliphatic hydroxyl groups excluding tert-OH is 1. The molecule has 0 radical (unpaired) electrons. The molecule has 1 aromatic rings. The summed E-state index contributed by atoms with van der Waals surface area (Å²) in [5.41, 5.74) is 7.19. The van der Waals surface area contributed by atoms with Gasteiger partial charge in [-0.3, -0.25) is 9.80 Å². The van der Waals surface area contributed by atoms with Gasteiger partial charge in [0.05, 0.1) is 13.7 Å². The number of nitrogens with two attached hydrogens (primary N) is 1. The Hall–Kier alpha value is -0.800. The van der Waals surface area contributed by atoms with Crippen molar-refractivity contribution in [2.75, 3.05) is 59.7 Å². The van der Waals surface area contributed by atoms with Gasteiger partial charge >= 0.3 is 0 Å². The van der Waals surface area contributed by atoms with Crippen LogP contribution >= 0.6 is 24.8 Å². The van der Waals surface area contributed by atoms with Crippen LogP contribution in [0.1, 0.15) is 24.8 Å². The summed E-state index contributed by atoms with van der Waals surface area (Å²) in [6.45, 7) is 7.15. The van der Waals surface area contributed by atoms with Gasteiger partial charge in [0.2, 0.25) is 0 Å². The molecule has 0 bridgehead atoms. The Labute approximate surface area is 192 Å². The molecule has 7 nitrogen and oxygen atoms in total. The number of likely N-dealkylation sites (tertiary alicyclic amines) is 1. The quantitative estimate of drug-likeness (QED) is 0.606. The standard InChI is InChI=1S/C21H35N3O4.2ClH/c1-26-21-13-17(14-24-8-5-18(22)6-9-24)3-4-20(21)28-16-19(25)15-23-7-2-11-27-12-10-23;;/h3-4,13,18-19,25H,2,5-12,14-16,22H2,1H3;2*1H. The second kappa shape index (κ2) is 14.3. The first kappa shape index (κ1) is 27.2. The largest absolute Gasteiger partial charge is 0.493 e. The summed E-state index contributed by atoms with van der Waals surface area (Å²) in [5, 5.41) is 10.3. The van der Waals surface area contributed by atoms with Crippen molar-refractivity contribution in [1.29, 1.82) is 0 Å². The van der Waals surface area contributed by atoms with E-state index in [4.69, 9.17) is 19.9 Å². The Kier molecular flexibility index (Phi) is 13.0. The van der Waals surface area contributed by atoms with Crippen LogP contribution < -0.4 is 15.2 Å². The maximum absolute atomic E-state index is 10.3. The van der Waals surface area contributed by atoms with E-state index in [1.54, 1.807) is 7.11 Å². The fourth-order valence-electron chi connectivity index (χ4n) is 3.82. The molecule has 0 amide bonds. The molecule has 2 aliphatic rings. The molecule has 2 aliphatic heterocycles. The van der Waals surface area contributed by atoms with Gasteiger partial charge < -0.3 is 25.1 Å². The number of benzene rings is 1. The van der Waals surface area contributed by atoms with Crippen molar-refractivity contribution in [3.63, 3.8) is 0 Å². The van der Waals surface area contributed by atoms with Crippen LogP contribution in [-0.4, -0.2) is 86.7 Å². The molecule has 30 heavy (non-hydrogen) atoms. The van der Waals surface area contributed by atoms with Crippen molar-refractivity contribution in [3.8, 4) is 11.5 Å². The zero-order valence-electron chi connectivity index (χ0n) is 17.8.